The minimum absolute atomic E-state index is 0.327. The zero-order valence-electron chi connectivity index (χ0n) is 11.7. The van der Waals surface area contributed by atoms with Crippen molar-refractivity contribution in [3.05, 3.63) is 35.5 Å². The van der Waals surface area contributed by atoms with Crippen molar-refractivity contribution < 1.29 is 9.53 Å². The summed E-state index contributed by atoms with van der Waals surface area (Å²) in [5, 5.41) is 1.85. The second-order valence-electron chi connectivity index (χ2n) is 5.59. The van der Waals surface area contributed by atoms with E-state index in [9.17, 15) is 4.79 Å². The Morgan fingerprint density at radius 1 is 1.37 bits per heavy atom. The van der Waals surface area contributed by atoms with Gasteiger partial charge in [-0.2, -0.15) is 0 Å². The summed E-state index contributed by atoms with van der Waals surface area (Å²) in [6.45, 7) is 7.53. The van der Waals surface area contributed by atoms with Gasteiger partial charge in [-0.1, -0.05) is 28.1 Å². The lowest BCUT2D eigenvalue weighted by Gasteiger charge is -2.20. The third-order valence-electron chi connectivity index (χ3n) is 2.84. The third-order valence-corrected chi connectivity index (χ3v) is 3.44. The van der Waals surface area contributed by atoms with Crippen molar-refractivity contribution in [2.24, 2.45) is 0 Å². The molecule has 1 aromatic carbocycles. The Hall–Kier alpha value is -1.29. The lowest BCUT2D eigenvalue weighted by Crippen LogP contribution is -2.27. The molecule has 0 aliphatic rings. The van der Waals surface area contributed by atoms with Crippen LogP contribution in [0.5, 0.6) is 0 Å². The van der Waals surface area contributed by atoms with Crippen LogP contribution in [0.25, 0.3) is 10.9 Å². The Bertz CT molecular complexity index is 623. The molecule has 19 heavy (non-hydrogen) atoms. The maximum atomic E-state index is 12.3. The van der Waals surface area contributed by atoms with Gasteiger partial charge in [-0.15, -0.1) is 0 Å². The predicted octanol–water partition coefficient (Wildman–Crippen LogP) is 4.63. The van der Waals surface area contributed by atoms with Crippen LogP contribution in [0.3, 0.4) is 0 Å². The smallest absolute Gasteiger partial charge is 0.419 e. The molecule has 0 bridgehead atoms. The zero-order valence-corrected chi connectivity index (χ0v) is 13.2. The number of nitrogens with zero attached hydrogens (tertiary/aromatic N) is 1. The molecule has 1 aromatic heterocycles. The molecule has 0 radical (unpaired) electrons. The van der Waals surface area contributed by atoms with E-state index in [2.05, 4.69) is 22.0 Å². The monoisotopic (exact) mass is 323 g/mol. The van der Waals surface area contributed by atoms with Crippen LogP contribution >= 0.6 is 15.9 Å². The summed E-state index contributed by atoms with van der Waals surface area (Å²) in [7, 11) is 0. The Morgan fingerprint density at radius 3 is 2.63 bits per heavy atom. The number of aryl methyl sites for hydroxylation is 1. The molecule has 4 heteroatoms. The van der Waals surface area contributed by atoms with Crippen molar-refractivity contribution in [2.45, 2.75) is 38.6 Å². The number of hydrogen-bond acceptors (Lipinski definition) is 2. The van der Waals surface area contributed by atoms with Crippen LogP contribution in [0.15, 0.2) is 24.3 Å². The molecule has 0 fully saturated rings. The minimum Gasteiger partial charge on any atom is -0.443 e. The first-order chi connectivity index (χ1) is 8.83. The van der Waals surface area contributed by atoms with Crippen LogP contribution in [0.4, 0.5) is 4.79 Å². The molecular weight excluding hydrogens is 306 g/mol. The van der Waals surface area contributed by atoms with Gasteiger partial charge in [0.15, 0.2) is 0 Å². The average Bonchev–Trinajstić information content (AvgIpc) is 2.62. The lowest BCUT2D eigenvalue weighted by atomic mass is 10.1. The SMILES string of the molecule is Cc1cc2c(CBr)cccc2n1C(=O)OC(C)(C)C. The number of hydrogen-bond donors (Lipinski definition) is 0. The average molecular weight is 324 g/mol. The quantitative estimate of drug-likeness (QED) is 0.716. The van der Waals surface area contributed by atoms with Gasteiger partial charge in [-0.25, -0.2) is 9.36 Å². The number of carbonyl (C=O) groups is 1. The summed E-state index contributed by atoms with van der Waals surface area (Å²) in [6, 6.07) is 7.98. The number of benzene rings is 1. The van der Waals surface area contributed by atoms with E-state index in [-0.39, 0.29) is 6.09 Å². The highest BCUT2D eigenvalue weighted by molar-refractivity contribution is 9.08. The number of carbonyl (C=O) groups excluding carboxylic acids is 1. The number of alkyl halides is 1. The molecule has 2 rings (SSSR count). The summed E-state index contributed by atoms with van der Waals surface area (Å²) in [6.07, 6.45) is -0.327. The topological polar surface area (TPSA) is 31.2 Å². The van der Waals surface area contributed by atoms with Crippen molar-refractivity contribution in [3.8, 4) is 0 Å². The maximum Gasteiger partial charge on any atom is 0.419 e. The molecule has 2 aromatic rings. The highest BCUT2D eigenvalue weighted by Gasteiger charge is 2.21. The molecule has 3 nitrogen and oxygen atoms in total. The normalized spacial score (nSPS) is 11.8. The molecule has 1 heterocycles. The van der Waals surface area contributed by atoms with Gasteiger partial charge in [-0.05, 0) is 45.4 Å². The highest BCUT2D eigenvalue weighted by Crippen LogP contribution is 2.25. The van der Waals surface area contributed by atoms with Crippen molar-refractivity contribution in [1.29, 1.82) is 0 Å². The fourth-order valence-corrected chi connectivity index (χ4v) is 2.58. The number of rotatable bonds is 1. The van der Waals surface area contributed by atoms with Crippen molar-refractivity contribution in [1.82, 2.24) is 4.57 Å². The predicted molar refractivity (Wildman–Crippen MR) is 80.9 cm³/mol. The number of fused-ring (bicyclic) bond motifs is 1. The second-order valence-corrected chi connectivity index (χ2v) is 6.15. The van der Waals surface area contributed by atoms with Gasteiger partial charge in [0, 0.05) is 16.4 Å². The molecule has 0 aliphatic heterocycles. The molecule has 0 saturated carbocycles. The second kappa shape index (κ2) is 5.00. The number of ether oxygens (including phenoxy) is 1. The van der Waals surface area contributed by atoms with E-state index < -0.39 is 5.60 Å². The van der Waals surface area contributed by atoms with Gasteiger partial charge < -0.3 is 4.74 Å². The molecule has 0 aliphatic carbocycles. The largest absolute Gasteiger partial charge is 0.443 e. The fraction of sp³-hybridized carbons (Fsp3) is 0.400. The highest BCUT2D eigenvalue weighted by atomic mass is 79.9. The van der Waals surface area contributed by atoms with E-state index in [1.807, 2.05) is 45.9 Å². The first-order valence-electron chi connectivity index (χ1n) is 6.23. The Morgan fingerprint density at radius 2 is 2.05 bits per heavy atom. The van der Waals surface area contributed by atoms with E-state index in [1.165, 1.54) is 5.56 Å². The lowest BCUT2D eigenvalue weighted by molar-refractivity contribution is 0.0542. The number of halogens is 1. The van der Waals surface area contributed by atoms with Crippen LogP contribution in [0, 0.1) is 6.92 Å². The molecular formula is C15H18BrNO2. The van der Waals surface area contributed by atoms with E-state index in [1.54, 1.807) is 4.57 Å². The molecule has 0 saturated heterocycles. The van der Waals surface area contributed by atoms with E-state index in [0.717, 1.165) is 21.9 Å². The van der Waals surface area contributed by atoms with Gasteiger partial charge in [0.2, 0.25) is 0 Å². The first kappa shape index (κ1) is 14.1. The molecule has 0 N–H and O–H groups in total. The van der Waals surface area contributed by atoms with Crippen molar-refractivity contribution in [2.75, 3.05) is 0 Å². The maximum absolute atomic E-state index is 12.3. The van der Waals surface area contributed by atoms with Crippen LogP contribution in [-0.4, -0.2) is 16.3 Å². The van der Waals surface area contributed by atoms with E-state index >= 15 is 0 Å². The fourth-order valence-electron chi connectivity index (χ4n) is 2.09. The van der Waals surface area contributed by atoms with Gasteiger partial charge in [0.25, 0.3) is 0 Å². The summed E-state index contributed by atoms with van der Waals surface area (Å²) >= 11 is 3.47. The van der Waals surface area contributed by atoms with E-state index in [0.29, 0.717) is 0 Å². The molecule has 102 valence electrons. The molecule has 0 unspecified atom stereocenters. The van der Waals surface area contributed by atoms with Crippen LogP contribution in [-0.2, 0) is 10.1 Å². The third kappa shape index (κ3) is 2.84. The summed E-state index contributed by atoms with van der Waals surface area (Å²) < 4.78 is 7.09. The van der Waals surface area contributed by atoms with Crippen molar-refractivity contribution >= 4 is 32.9 Å². The Labute approximate surface area is 121 Å². The Balaban J connectivity index is 2.55. The van der Waals surface area contributed by atoms with E-state index in [4.69, 9.17) is 4.74 Å². The number of aromatic nitrogens is 1. The van der Waals surface area contributed by atoms with Gasteiger partial charge in [0.1, 0.15) is 5.60 Å². The molecule has 0 spiro atoms. The van der Waals surface area contributed by atoms with Gasteiger partial charge in [0.05, 0.1) is 5.52 Å². The van der Waals surface area contributed by atoms with Crippen LogP contribution in [0.2, 0.25) is 0 Å². The summed E-state index contributed by atoms with van der Waals surface area (Å²) in [5.41, 5.74) is 2.46. The van der Waals surface area contributed by atoms with Crippen LogP contribution < -0.4 is 0 Å². The first-order valence-corrected chi connectivity index (χ1v) is 7.35. The summed E-state index contributed by atoms with van der Waals surface area (Å²) in [4.78, 5) is 12.3. The van der Waals surface area contributed by atoms with Gasteiger partial charge in [-0.3, -0.25) is 0 Å². The van der Waals surface area contributed by atoms with Gasteiger partial charge >= 0.3 is 6.09 Å². The molecule has 0 amide bonds. The molecule has 0 atom stereocenters. The van der Waals surface area contributed by atoms with Crippen molar-refractivity contribution in [3.63, 3.8) is 0 Å². The standard InChI is InChI=1S/C15H18BrNO2/c1-10-8-12-11(9-16)6-5-7-13(12)17(10)14(18)19-15(2,3)4/h5-8H,9H2,1-4H3. The zero-order chi connectivity index (χ0) is 14.2. The summed E-state index contributed by atoms with van der Waals surface area (Å²) in [5.74, 6) is 0. The Kier molecular flexibility index (Phi) is 3.72. The van der Waals surface area contributed by atoms with Crippen LogP contribution in [0.1, 0.15) is 32.0 Å². The minimum atomic E-state index is -0.493.